The van der Waals surface area contributed by atoms with E-state index in [2.05, 4.69) is 5.32 Å². The molecule has 15 heavy (non-hydrogen) atoms. The molecule has 0 radical (unpaired) electrons. The van der Waals surface area contributed by atoms with Crippen molar-refractivity contribution in [1.82, 2.24) is 5.32 Å². The third-order valence-corrected chi connectivity index (χ3v) is 2.34. The molecule has 0 rings (SSSR count). The summed E-state index contributed by atoms with van der Waals surface area (Å²) in [4.78, 5) is 21.5. The van der Waals surface area contributed by atoms with Crippen LogP contribution in [-0.2, 0) is 9.59 Å². The minimum absolute atomic E-state index is 0.0352. The highest BCUT2D eigenvalue weighted by Gasteiger charge is 2.24. The molecular formula is C9H17NO4S. The van der Waals surface area contributed by atoms with Gasteiger partial charge in [-0.05, 0) is 13.2 Å². The molecule has 0 aliphatic rings. The maximum absolute atomic E-state index is 11.2. The molecule has 1 atom stereocenters. The molecule has 0 aliphatic carbocycles. The van der Waals surface area contributed by atoms with Crippen molar-refractivity contribution in [3.8, 4) is 0 Å². The van der Waals surface area contributed by atoms with Crippen LogP contribution in [0.1, 0.15) is 19.8 Å². The van der Waals surface area contributed by atoms with Crippen molar-refractivity contribution in [3.05, 3.63) is 0 Å². The second-order valence-corrected chi connectivity index (χ2v) is 4.57. The summed E-state index contributed by atoms with van der Waals surface area (Å²) in [7, 11) is 0. The fourth-order valence-corrected chi connectivity index (χ4v) is 1.35. The van der Waals surface area contributed by atoms with Gasteiger partial charge in [-0.15, -0.1) is 0 Å². The second kappa shape index (κ2) is 6.68. The van der Waals surface area contributed by atoms with Gasteiger partial charge in [-0.25, -0.2) is 0 Å². The molecule has 0 aromatic rings. The fraction of sp³-hybridized carbons (Fsp3) is 0.778. The molecule has 0 aromatic carbocycles. The zero-order chi connectivity index (χ0) is 11.9. The van der Waals surface area contributed by atoms with Crippen LogP contribution in [0.15, 0.2) is 0 Å². The summed E-state index contributed by atoms with van der Waals surface area (Å²) in [5, 5.41) is 20.5. The number of amides is 1. The van der Waals surface area contributed by atoms with Crippen molar-refractivity contribution >= 4 is 23.6 Å². The average Bonchev–Trinajstić information content (AvgIpc) is 2.09. The zero-order valence-corrected chi connectivity index (χ0v) is 9.76. The number of carboxylic acid groups (broad SMARTS) is 1. The van der Waals surface area contributed by atoms with Crippen LogP contribution in [0.2, 0.25) is 0 Å². The van der Waals surface area contributed by atoms with E-state index in [1.54, 1.807) is 11.8 Å². The van der Waals surface area contributed by atoms with Crippen LogP contribution in [0.3, 0.4) is 0 Å². The van der Waals surface area contributed by atoms with E-state index in [-0.39, 0.29) is 18.9 Å². The van der Waals surface area contributed by atoms with E-state index in [1.165, 1.54) is 6.92 Å². The Hall–Kier alpha value is -0.750. The smallest absolute Gasteiger partial charge is 0.306 e. The van der Waals surface area contributed by atoms with Crippen LogP contribution >= 0.6 is 11.8 Å². The van der Waals surface area contributed by atoms with Crippen molar-refractivity contribution in [2.45, 2.75) is 25.4 Å². The van der Waals surface area contributed by atoms with Crippen molar-refractivity contribution in [3.63, 3.8) is 0 Å². The molecule has 0 heterocycles. The number of carboxylic acids is 1. The minimum atomic E-state index is -1.39. The number of carbonyl (C=O) groups is 2. The molecule has 0 bridgehead atoms. The SMILES string of the molecule is CSCCC(=O)NCC(C)(O)CC(=O)O. The van der Waals surface area contributed by atoms with E-state index >= 15 is 0 Å². The number of nitrogens with one attached hydrogen (secondary N) is 1. The summed E-state index contributed by atoms with van der Waals surface area (Å²) in [5.74, 6) is -0.541. The van der Waals surface area contributed by atoms with Gasteiger partial charge in [0.15, 0.2) is 0 Å². The van der Waals surface area contributed by atoms with Crippen LogP contribution in [-0.4, -0.2) is 46.2 Å². The van der Waals surface area contributed by atoms with E-state index in [0.717, 1.165) is 0 Å². The molecular weight excluding hydrogens is 218 g/mol. The lowest BCUT2D eigenvalue weighted by Crippen LogP contribution is -2.42. The fourth-order valence-electron chi connectivity index (χ4n) is 0.960. The lowest BCUT2D eigenvalue weighted by molar-refractivity contribution is -0.142. The first-order valence-electron chi connectivity index (χ1n) is 4.57. The van der Waals surface area contributed by atoms with Crippen LogP contribution < -0.4 is 5.32 Å². The standard InChI is InChI=1S/C9H17NO4S/c1-9(14,5-8(12)13)6-10-7(11)3-4-15-2/h14H,3-6H2,1-2H3,(H,10,11)(H,12,13). The van der Waals surface area contributed by atoms with Crippen LogP contribution in [0, 0.1) is 0 Å². The Labute approximate surface area is 93.2 Å². The highest BCUT2D eigenvalue weighted by molar-refractivity contribution is 7.98. The van der Waals surface area contributed by atoms with E-state index in [9.17, 15) is 14.7 Å². The van der Waals surface area contributed by atoms with Crippen molar-refractivity contribution in [2.75, 3.05) is 18.6 Å². The maximum atomic E-state index is 11.2. The topological polar surface area (TPSA) is 86.6 Å². The molecule has 1 amide bonds. The number of aliphatic carboxylic acids is 1. The molecule has 1 unspecified atom stereocenters. The maximum Gasteiger partial charge on any atom is 0.306 e. The van der Waals surface area contributed by atoms with Crippen LogP contribution in [0.4, 0.5) is 0 Å². The lowest BCUT2D eigenvalue weighted by atomic mass is 10.0. The Morgan fingerprint density at radius 2 is 2.07 bits per heavy atom. The predicted octanol–water partition coefficient (Wildman–Crippen LogP) is 0.0814. The first-order chi connectivity index (χ1) is 6.87. The van der Waals surface area contributed by atoms with Gasteiger partial charge in [-0.3, -0.25) is 9.59 Å². The first kappa shape index (κ1) is 14.2. The van der Waals surface area contributed by atoms with Gasteiger partial charge in [0.1, 0.15) is 0 Å². The lowest BCUT2D eigenvalue weighted by Gasteiger charge is -2.21. The number of hydrogen-bond donors (Lipinski definition) is 3. The molecule has 0 spiro atoms. The van der Waals surface area contributed by atoms with Gasteiger partial charge in [0.25, 0.3) is 0 Å². The van der Waals surface area contributed by atoms with Gasteiger partial charge in [0, 0.05) is 18.7 Å². The number of aliphatic hydroxyl groups is 1. The number of thioether (sulfide) groups is 1. The molecule has 3 N–H and O–H groups in total. The van der Waals surface area contributed by atoms with Gasteiger partial charge in [0.05, 0.1) is 12.0 Å². The zero-order valence-electron chi connectivity index (χ0n) is 8.95. The van der Waals surface area contributed by atoms with Crippen molar-refractivity contribution < 1.29 is 19.8 Å². The Morgan fingerprint density at radius 3 is 2.53 bits per heavy atom. The Kier molecular flexibility index (Phi) is 6.35. The molecule has 0 saturated heterocycles. The van der Waals surface area contributed by atoms with E-state index in [4.69, 9.17) is 5.11 Å². The second-order valence-electron chi connectivity index (χ2n) is 3.59. The monoisotopic (exact) mass is 235 g/mol. The first-order valence-corrected chi connectivity index (χ1v) is 5.96. The van der Waals surface area contributed by atoms with Crippen LogP contribution in [0.5, 0.6) is 0 Å². The van der Waals surface area contributed by atoms with E-state index < -0.39 is 11.6 Å². The quantitative estimate of drug-likeness (QED) is 0.582. The van der Waals surface area contributed by atoms with E-state index in [0.29, 0.717) is 12.2 Å². The minimum Gasteiger partial charge on any atom is -0.481 e. The molecule has 88 valence electrons. The summed E-state index contributed by atoms with van der Waals surface area (Å²) in [6.45, 7) is 1.35. The summed E-state index contributed by atoms with van der Waals surface area (Å²) >= 11 is 1.56. The number of rotatable bonds is 7. The largest absolute Gasteiger partial charge is 0.481 e. The highest BCUT2D eigenvalue weighted by Crippen LogP contribution is 2.07. The molecule has 0 aliphatic heterocycles. The highest BCUT2D eigenvalue weighted by atomic mass is 32.2. The number of carbonyl (C=O) groups excluding carboxylic acids is 1. The Balaban J connectivity index is 3.82. The molecule has 0 saturated carbocycles. The molecule has 0 aromatic heterocycles. The summed E-state index contributed by atoms with van der Waals surface area (Å²) in [6.07, 6.45) is 1.90. The third kappa shape index (κ3) is 8.26. The van der Waals surface area contributed by atoms with Gasteiger partial charge >= 0.3 is 5.97 Å². The molecule has 6 heteroatoms. The number of hydrogen-bond acceptors (Lipinski definition) is 4. The summed E-state index contributed by atoms with van der Waals surface area (Å²) < 4.78 is 0. The Bertz CT molecular complexity index is 230. The average molecular weight is 235 g/mol. The van der Waals surface area contributed by atoms with Crippen LogP contribution in [0.25, 0.3) is 0 Å². The van der Waals surface area contributed by atoms with Crippen molar-refractivity contribution in [2.24, 2.45) is 0 Å². The summed E-state index contributed by atoms with van der Waals surface area (Å²) in [5.41, 5.74) is -1.39. The van der Waals surface area contributed by atoms with Gasteiger partial charge in [-0.1, -0.05) is 0 Å². The Morgan fingerprint density at radius 1 is 1.47 bits per heavy atom. The third-order valence-electron chi connectivity index (χ3n) is 1.73. The van der Waals surface area contributed by atoms with Gasteiger partial charge in [-0.2, -0.15) is 11.8 Å². The van der Waals surface area contributed by atoms with Gasteiger partial charge < -0.3 is 15.5 Å². The molecule has 0 fully saturated rings. The summed E-state index contributed by atoms with van der Waals surface area (Å²) in [6, 6.07) is 0. The van der Waals surface area contributed by atoms with E-state index in [1.807, 2.05) is 6.26 Å². The van der Waals surface area contributed by atoms with Crippen molar-refractivity contribution in [1.29, 1.82) is 0 Å². The normalized spacial score (nSPS) is 14.3. The molecule has 5 nitrogen and oxygen atoms in total. The predicted molar refractivity (Wildman–Crippen MR) is 58.9 cm³/mol. The van der Waals surface area contributed by atoms with Gasteiger partial charge in [0.2, 0.25) is 5.91 Å².